The molecule has 0 saturated heterocycles. The highest BCUT2D eigenvalue weighted by Crippen LogP contribution is 2.39. The molecule has 0 radical (unpaired) electrons. The Morgan fingerprint density at radius 1 is 0.912 bits per heavy atom. The fraction of sp³-hybridized carbons (Fsp3) is 0.107. The van der Waals surface area contributed by atoms with Gasteiger partial charge in [-0.05, 0) is 47.0 Å². The highest BCUT2D eigenvalue weighted by molar-refractivity contribution is 5.95. The quantitative estimate of drug-likeness (QED) is 0.299. The standard InChI is InChI=1S/C28H23N3O3/c1-19-8-6-12-22(16-19)34-18-26(32)29-30-27-24-14-4-5-15-25(24)31(28(27)33)17-21-11-7-10-20-9-2-3-13-23(20)21/h2-16,33H,17-18H2,1H3. The lowest BCUT2D eigenvalue weighted by molar-refractivity contribution is -0.120. The smallest absolute Gasteiger partial charge is 0.302 e. The molecule has 0 atom stereocenters. The summed E-state index contributed by atoms with van der Waals surface area (Å²) >= 11 is 0. The number of para-hydroxylation sites is 1. The van der Waals surface area contributed by atoms with Gasteiger partial charge in [-0.3, -0.25) is 4.79 Å². The van der Waals surface area contributed by atoms with Crippen molar-refractivity contribution in [3.63, 3.8) is 0 Å². The Balaban J connectivity index is 1.43. The van der Waals surface area contributed by atoms with Gasteiger partial charge in [-0.1, -0.05) is 72.8 Å². The molecule has 6 heteroatoms. The zero-order valence-electron chi connectivity index (χ0n) is 18.7. The molecule has 0 aliphatic heterocycles. The second-order valence-electron chi connectivity index (χ2n) is 8.11. The minimum atomic E-state index is -0.535. The van der Waals surface area contributed by atoms with E-state index in [1.807, 2.05) is 73.7 Å². The first kappa shape index (κ1) is 21.4. The third-order valence-corrected chi connectivity index (χ3v) is 5.74. The molecule has 1 aromatic heterocycles. The average molecular weight is 450 g/mol. The fourth-order valence-electron chi connectivity index (χ4n) is 4.12. The van der Waals surface area contributed by atoms with Crippen molar-refractivity contribution in [3.05, 3.63) is 102 Å². The second kappa shape index (κ2) is 9.19. The van der Waals surface area contributed by atoms with Gasteiger partial charge >= 0.3 is 5.91 Å². The molecule has 0 fully saturated rings. The molecule has 0 aliphatic rings. The predicted molar refractivity (Wildman–Crippen MR) is 133 cm³/mol. The maximum Gasteiger partial charge on any atom is 0.302 e. The van der Waals surface area contributed by atoms with Gasteiger partial charge in [0.1, 0.15) is 5.75 Å². The van der Waals surface area contributed by atoms with Crippen LogP contribution in [0.25, 0.3) is 21.7 Å². The number of aromatic nitrogens is 1. The topological polar surface area (TPSA) is 76.2 Å². The van der Waals surface area contributed by atoms with Crippen LogP contribution >= 0.6 is 0 Å². The van der Waals surface area contributed by atoms with E-state index in [-0.39, 0.29) is 18.2 Å². The molecule has 0 unspecified atom stereocenters. The molecule has 0 saturated carbocycles. The van der Waals surface area contributed by atoms with Crippen molar-refractivity contribution in [2.24, 2.45) is 10.2 Å². The number of benzene rings is 4. The molecule has 0 bridgehead atoms. The summed E-state index contributed by atoms with van der Waals surface area (Å²) in [5.74, 6) is 0.0233. The van der Waals surface area contributed by atoms with Crippen molar-refractivity contribution in [1.82, 2.24) is 4.57 Å². The van der Waals surface area contributed by atoms with E-state index >= 15 is 0 Å². The summed E-state index contributed by atoms with van der Waals surface area (Å²) in [6, 6.07) is 29.3. The van der Waals surface area contributed by atoms with Gasteiger partial charge in [-0.25, -0.2) is 0 Å². The Kier molecular flexibility index (Phi) is 5.79. The number of nitrogens with zero attached hydrogens (tertiary/aromatic N) is 3. The van der Waals surface area contributed by atoms with Crippen molar-refractivity contribution in [2.45, 2.75) is 13.5 Å². The molecule has 1 heterocycles. The Labute approximate surface area is 196 Å². The molecule has 6 nitrogen and oxygen atoms in total. The number of hydrogen-bond donors (Lipinski definition) is 1. The van der Waals surface area contributed by atoms with Crippen molar-refractivity contribution < 1.29 is 14.6 Å². The van der Waals surface area contributed by atoms with Gasteiger partial charge in [0.15, 0.2) is 12.3 Å². The molecule has 34 heavy (non-hydrogen) atoms. The molecule has 0 spiro atoms. The van der Waals surface area contributed by atoms with Crippen molar-refractivity contribution in [3.8, 4) is 11.6 Å². The van der Waals surface area contributed by atoms with Gasteiger partial charge in [0.05, 0.1) is 12.1 Å². The number of azo groups is 1. The minimum Gasteiger partial charge on any atom is -0.493 e. The van der Waals surface area contributed by atoms with Crippen molar-refractivity contribution in [1.29, 1.82) is 0 Å². The van der Waals surface area contributed by atoms with Gasteiger partial charge in [0.2, 0.25) is 5.88 Å². The lowest BCUT2D eigenvalue weighted by Crippen LogP contribution is -2.07. The number of aryl methyl sites for hydroxylation is 1. The van der Waals surface area contributed by atoms with Crippen molar-refractivity contribution in [2.75, 3.05) is 6.61 Å². The molecule has 1 N–H and O–H groups in total. The number of aromatic hydroxyl groups is 1. The van der Waals surface area contributed by atoms with Crippen LogP contribution < -0.4 is 4.74 Å². The highest BCUT2D eigenvalue weighted by Gasteiger charge is 2.17. The van der Waals surface area contributed by atoms with Crippen LogP contribution in [0.4, 0.5) is 5.69 Å². The monoisotopic (exact) mass is 449 g/mol. The molecular weight excluding hydrogens is 426 g/mol. The first-order valence-corrected chi connectivity index (χ1v) is 11.0. The number of carbonyl (C=O) groups is 1. The van der Waals surface area contributed by atoms with Crippen LogP contribution in [0.15, 0.2) is 101 Å². The van der Waals surface area contributed by atoms with Gasteiger partial charge in [-0.2, -0.15) is 0 Å². The number of hydrogen-bond acceptors (Lipinski definition) is 4. The van der Waals surface area contributed by atoms with E-state index in [2.05, 4.69) is 28.4 Å². The average Bonchev–Trinajstić information content (AvgIpc) is 3.12. The van der Waals surface area contributed by atoms with E-state index in [4.69, 9.17) is 4.74 Å². The zero-order chi connectivity index (χ0) is 23.5. The van der Waals surface area contributed by atoms with Crippen LogP contribution in [0.5, 0.6) is 11.6 Å². The maximum absolute atomic E-state index is 12.3. The first-order valence-electron chi connectivity index (χ1n) is 11.0. The number of rotatable bonds is 6. The van der Waals surface area contributed by atoms with E-state index in [9.17, 15) is 9.90 Å². The van der Waals surface area contributed by atoms with E-state index in [1.54, 1.807) is 10.6 Å². The third kappa shape index (κ3) is 4.26. The highest BCUT2D eigenvalue weighted by atomic mass is 16.5. The minimum absolute atomic E-state index is 0.0368. The molecular formula is C28H23N3O3. The zero-order valence-corrected chi connectivity index (χ0v) is 18.7. The van der Waals surface area contributed by atoms with Crippen LogP contribution in [-0.2, 0) is 11.3 Å². The van der Waals surface area contributed by atoms with Gasteiger partial charge < -0.3 is 14.4 Å². The van der Waals surface area contributed by atoms with E-state index in [0.717, 1.165) is 32.8 Å². The number of ether oxygens (including phenoxy) is 1. The summed E-state index contributed by atoms with van der Waals surface area (Å²) in [6.45, 7) is 2.17. The largest absolute Gasteiger partial charge is 0.493 e. The Morgan fingerprint density at radius 3 is 2.50 bits per heavy atom. The first-order chi connectivity index (χ1) is 16.6. The van der Waals surface area contributed by atoms with Crippen LogP contribution in [0, 0.1) is 6.92 Å². The summed E-state index contributed by atoms with van der Waals surface area (Å²) in [5.41, 5.74) is 3.18. The van der Waals surface area contributed by atoms with Gasteiger partial charge in [-0.15, -0.1) is 10.2 Å². The van der Waals surface area contributed by atoms with Crippen LogP contribution in [-0.4, -0.2) is 22.2 Å². The van der Waals surface area contributed by atoms with Crippen LogP contribution in [0.2, 0.25) is 0 Å². The SMILES string of the molecule is Cc1cccc(OCC(=O)N=Nc2c(O)n(Cc3cccc4ccccc34)c3ccccc23)c1. The number of carbonyl (C=O) groups excluding carboxylic acids is 1. The van der Waals surface area contributed by atoms with Gasteiger partial charge in [0, 0.05) is 5.39 Å². The van der Waals surface area contributed by atoms with E-state index < -0.39 is 5.91 Å². The molecule has 1 amide bonds. The third-order valence-electron chi connectivity index (χ3n) is 5.74. The molecule has 168 valence electrons. The number of amides is 1. The lowest BCUT2D eigenvalue weighted by atomic mass is 10.0. The summed E-state index contributed by atoms with van der Waals surface area (Å²) in [7, 11) is 0. The Bertz CT molecular complexity index is 1530. The summed E-state index contributed by atoms with van der Waals surface area (Å²) in [5, 5.41) is 22.0. The molecule has 5 rings (SSSR count). The van der Waals surface area contributed by atoms with Crippen LogP contribution in [0.3, 0.4) is 0 Å². The fourth-order valence-corrected chi connectivity index (χ4v) is 4.12. The molecule has 4 aromatic carbocycles. The lowest BCUT2D eigenvalue weighted by Gasteiger charge is -2.10. The Morgan fingerprint density at radius 2 is 1.65 bits per heavy atom. The molecule has 0 aliphatic carbocycles. The molecule has 5 aromatic rings. The number of fused-ring (bicyclic) bond motifs is 2. The summed E-state index contributed by atoms with van der Waals surface area (Å²) in [4.78, 5) is 12.3. The van der Waals surface area contributed by atoms with E-state index in [1.165, 1.54) is 0 Å². The normalized spacial score (nSPS) is 11.4. The maximum atomic E-state index is 12.3. The van der Waals surface area contributed by atoms with E-state index in [0.29, 0.717) is 12.3 Å². The second-order valence-corrected chi connectivity index (χ2v) is 8.11. The summed E-state index contributed by atoms with van der Waals surface area (Å²) < 4.78 is 7.30. The van der Waals surface area contributed by atoms with Crippen LogP contribution in [0.1, 0.15) is 11.1 Å². The van der Waals surface area contributed by atoms with Crippen molar-refractivity contribution >= 4 is 33.3 Å². The summed E-state index contributed by atoms with van der Waals surface area (Å²) in [6.07, 6.45) is 0. The predicted octanol–water partition coefficient (Wildman–Crippen LogP) is 6.55. The Hall–Kier alpha value is -4.45. The van der Waals surface area contributed by atoms with Gasteiger partial charge in [0.25, 0.3) is 0 Å².